The molecule has 7 heteroatoms. The second kappa shape index (κ2) is 7.17. The number of carboxylic acids is 1. The lowest BCUT2D eigenvalue weighted by molar-refractivity contribution is -0.146. The lowest BCUT2D eigenvalue weighted by atomic mass is 10.1. The van der Waals surface area contributed by atoms with Crippen LogP contribution in [0.15, 0.2) is 0 Å². The van der Waals surface area contributed by atoms with Crippen LogP contribution in [0.25, 0.3) is 0 Å². The predicted octanol–water partition coefficient (Wildman–Crippen LogP) is -0.622. The predicted molar refractivity (Wildman–Crippen MR) is 63.1 cm³/mol. The van der Waals surface area contributed by atoms with Crippen LogP contribution in [0.3, 0.4) is 0 Å². The van der Waals surface area contributed by atoms with Crippen molar-refractivity contribution in [1.82, 2.24) is 10.2 Å². The molecule has 0 aliphatic carbocycles. The highest BCUT2D eigenvalue weighted by molar-refractivity contribution is 5.77. The number of rotatable bonds is 4. The van der Waals surface area contributed by atoms with Crippen LogP contribution in [0.1, 0.15) is 25.7 Å². The number of aliphatic hydroxyl groups is 2. The zero-order valence-electron chi connectivity index (χ0n) is 10.2. The number of hydrogen-bond acceptors (Lipinski definition) is 4. The minimum absolute atomic E-state index is 0.102. The summed E-state index contributed by atoms with van der Waals surface area (Å²) in [6.45, 7) is 0.109. The molecule has 1 aliphatic rings. The molecule has 18 heavy (non-hydrogen) atoms. The van der Waals surface area contributed by atoms with Crippen LogP contribution in [-0.4, -0.2) is 64.1 Å². The smallest absolute Gasteiger partial charge is 0.334 e. The Labute approximate surface area is 105 Å². The maximum atomic E-state index is 11.8. The van der Waals surface area contributed by atoms with Crippen molar-refractivity contribution in [2.24, 2.45) is 0 Å². The zero-order chi connectivity index (χ0) is 13.5. The van der Waals surface area contributed by atoms with Gasteiger partial charge in [0.2, 0.25) is 0 Å². The zero-order valence-corrected chi connectivity index (χ0v) is 10.2. The lowest BCUT2D eigenvalue weighted by Gasteiger charge is -2.28. The van der Waals surface area contributed by atoms with Gasteiger partial charge in [-0.25, -0.2) is 9.59 Å². The summed E-state index contributed by atoms with van der Waals surface area (Å²) in [5.41, 5.74) is 0. The van der Waals surface area contributed by atoms with Gasteiger partial charge in [-0.15, -0.1) is 0 Å². The minimum Gasteiger partial charge on any atom is -0.479 e. The molecule has 1 saturated heterocycles. The number of nitrogens with one attached hydrogen (secondary N) is 1. The number of aliphatic hydroxyl groups excluding tert-OH is 2. The Kier molecular flexibility index (Phi) is 5.87. The molecule has 0 bridgehead atoms. The van der Waals surface area contributed by atoms with Gasteiger partial charge >= 0.3 is 12.0 Å². The normalized spacial score (nSPS) is 22.1. The molecule has 2 amide bonds. The van der Waals surface area contributed by atoms with Gasteiger partial charge in [-0.3, -0.25) is 0 Å². The van der Waals surface area contributed by atoms with E-state index in [0.717, 1.165) is 25.7 Å². The van der Waals surface area contributed by atoms with Crippen molar-refractivity contribution in [2.75, 3.05) is 19.7 Å². The summed E-state index contributed by atoms with van der Waals surface area (Å²) >= 11 is 0. The van der Waals surface area contributed by atoms with Crippen LogP contribution >= 0.6 is 0 Å². The van der Waals surface area contributed by atoms with Gasteiger partial charge < -0.3 is 25.5 Å². The number of nitrogens with zero attached hydrogens (tertiary/aromatic N) is 1. The van der Waals surface area contributed by atoms with E-state index in [1.807, 2.05) is 0 Å². The van der Waals surface area contributed by atoms with E-state index in [1.54, 1.807) is 0 Å². The Balaban J connectivity index is 2.49. The Morgan fingerprint density at radius 1 is 1.33 bits per heavy atom. The standard InChI is InChI=1S/C11H20N2O5/c14-7-8-4-2-1-3-5-13(8)11(18)12-6-9(15)10(16)17/h8-9,14-15H,1-7H2,(H,12,18)(H,16,17)/t8?,9-/m0/s1. The van der Waals surface area contributed by atoms with E-state index in [0.29, 0.717) is 6.54 Å². The molecule has 0 saturated carbocycles. The summed E-state index contributed by atoms with van der Waals surface area (Å²) in [5, 5.41) is 29.2. The van der Waals surface area contributed by atoms with Crippen LogP contribution in [0.2, 0.25) is 0 Å². The van der Waals surface area contributed by atoms with Crippen molar-refractivity contribution >= 4 is 12.0 Å². The van der Waals surface area contributed by atoms with Crippen LogP contribution in [-0.2, 0) is 4.79 Å². The molecule has 0 aromatic carbocycles. The molecule has 0 spiro atoms. The molecule has 0 aromatic heterocycles. The fourth-order valence-electron chi connectivity index (χ4n) is 2.01. The van der Waals surface area contributed by atoms with Gasteiger partial charge in [0.25, 0.3) is 0 Å². The van der Waals surface area contributed by atoms with Crippen LogP contribution < -0.4 is 5.32 Å². The number of urea groups is 1. The average molecular weight is 260 g/mol. The molecular formula is C11H20N2O5. The first kappa shape index (κ1) is 14.7. The number of likely N-dealkylation sites (tertiary alicyclic amines) is 1. The highest BCUT2D eigenvalue weighted by Crippen LogP contribution is 2.16. The van der Waals surface area contributed by atoms with Crippen molar-refractivity contribution in [3.8, 4) is 0 Å². The molecular weight excluding hydrogens is 240 g/mol. The van der Waals surface area contributed by atoms with Gasteiger partial charge in [0.1, 0.15) is 0 Å². The maximum absolute atomic E-state index is 11.8. The van der Waals surface area contributed by atoms with E-state index in [1.165, 1.54) is 4.90 Å². The number of amides is 2. The largest absolute Gasteiger partial charge is 0.479 e. The molecule has 104 valence electrons. The first-order chi connectivity index (χ1) is 8.56. The summed E-state index contributed by atoms with van der Waals surface area (Å²) in [6, 6.07) is -0.661. The average Bonchev–Trinajstić information content (AvgIpc) is 2.60. The van der Waals surface area contributed by atoms with Gasteiger partial charge in [-0.1, -0.05) is 12.8 Å². The third-order valence-electron chi connectivity index (χ3n) is 3.08. The number of carboxylic acid groups (broad SMARTS) is 1. The molecule has 1 heterocycles. The van der Waals surface area contributed by atoms with Crippen molar-refractivity contribution < 1.29 is 24.9 Å². The summed E-state index contributed by atoms with van der Waals surface area (Å²) in [4.78, 5) is 23.8. The third-order valence-corrected chi connectivity index (χ3v) is 3.08. The van der Waals surface area contributed by atoms with E-state index >= 15 is 0 Å². The highest BCUT2D eigenvalue weighted by Gasteiger charge is 2.25. The molecule has 4 N–H and O–H groups in total. The van der Waals surface area contributed by atoms with E-state index in [4.69, 9.17) is 10.2 Å². The van der Waals surface area contributed by atoms with Gasteiger partial charge in [-0.05, 0) is 12.8 Å². The highest BCUT2D eigenvalue weighted by atomic mass is 16.4. The van der Waals surface area contributed by atoms with Crippen LogP contribution in [0.5, 0.6) is 0 Å². The quantitative estimate of drug-likeness (QED) is 0.538. The number of carbonyl (C=O) groups is 2. The van der Waals surface area contributed by atoms with Crippen molar-refractivity contribution in [3.05, 3.63) is 0 Å². The molecule has 1 fully saturated rings. The van der Waals surface area contributed by atoms with Crippen LogP contribution in [0, 0.1) is 0 Å². The molecule has 1 rings (SSSR count). The number of aliphatic carboxylic acids is 1. The summed E-state index contributed by atoms with van der Waals surface area (Å²) in [7, 11) is 0. The molecule has 1 aliphatic heterocycles. The monoisotopic (exact) mass is 260 g/mol. The summed E-state index contributed by atoms with van der Waals surface area (Å²) < 4.78 is 0. The van der Waals surface area contributed by atoms with E-state index in [9.17, 15) is 14.7 Å². The third kappa shape index (κ3) is 4.15. The van der Waals surface area contributed by atoms with E-state index < -0.39 is 18.1 Å². The Morgan fingerprint density at radius 3 is 2.67 bits per heavy atom. The number of hydrogen-bond donors (Lipinski definition) is 4. The topological polar surface area (TPSA) is 110 Å². The second-order valence-corrected chi connectivity index (χ2v) is 4.42. The molecule has 2 atom stereocenters. The number of carbonyl (C=O) groups excluding carboxylic acids is 1. The van der Waals surface area contributed by atoms with Crippen molar-refractivity contribution in [1.29, 1.82) is 0 Å². The Bertz CT molecular complexity index is 297. The molecule has 0 radical (unpaired) electrons. The van der Waals surface area contributed by atoms with Gasteiger partial charge in [-0.2, -0.15) is 0 Å². The summed E-state index contributed by atoms with van der Waals surface area (Å²) in [6.07, 6.45) is 1.98. The van der Waals surface area contributed by atoms with Crippen molar-refractivity contribution in [3.63, 3.8) is 0 Å². The van der Waals surface area contributed by atoms with Gasteiger partial charge in [0.05, 0.1) is 19.2 Å². The van der Waals surface area contributed by atoms with Crippen LogP contribution in [0.4, 0.5) is 4.79 Å². The van der Waals surface area contributed by atoms with Gasteiger partial charge in [0.15, 0.2) is 6.10 Å². The molecule has 1 unspecified atom stereocenters. The lowest BCUT2D eigenvalue weighted by Crippen LogP contribution is -2.49. The van der Waals surface area contributed by atoms with E-state index in [2.05, 4.69) is 5.32 Å². The first-order valence-corrected chi connectivity index (χ1v) is 6.12. The second-order valence-electron chi connectivity index (χ2n) is 4.42. The minimum atomic E-state index is -1.60. The Morgan fingerprint density at radius 2 is 2.06 bits per heavy atom. The fourth-order valence-corrected chi connectivity index (χ4v) is 2.01. The first-order valence-electron chi connectivity index (χ1n) is 6.12. The van der Waals surface area contributed by atoms with E-state index in [-0.39, 0.29) is 19.2 Å². The fraction of sp³-hybridized carbons (Fsp3) is 0.818. The summed E-state index contributed by atoms with van der Waals surface area (Å²) in [5.74, 6) is -1.37. The maximum Gasteiger partial charge on any atom is 0.334 e. The van der Waals surface area contributed by atoms with Crippen molar-refractivity contribution in [2.45, 2.75) is 37.8 Å². The Hall–Kier alpha value is -1.34. The SMILES string of the molecule is O=C(O)[C@@H](O)CNC(=O)N1CCCCCC1CO. The van der Waals surface area contributed by atoms with Gasteiger partial charge in [0, 0.05) is 6.54 Å². The molecule has 0 aromatic rings. The molecule has 7 nitrogen and oxygen atoms in total.